The fourth-order valence-corrected chi connectivity index (χ4v) is 5.48. The zero-order valence-corrected chi connectivity index (χ0v) is 24.2. The van der Waals surface area contributed by atoms with Gasteiger partial charge in [-0.15, -0.1) is 0 Å². The van der Waals surface area contributed by atoms with Crippen LogP contribution in [0.25, 0.3) is 0 Å². The van der Waals surface area contributed by atoms with Crippen LogP contribution in [-0.2, 0) is 9.84 Å². The van der Waals surface area contributed by atoms with Gasteiger partial charge >= 0.3 is 11.7 Å². The number of rotatable bonds is 7. The number of carbonyl (C=O) groups excluding carboxylic acids is 1. The highest BCUT2D eigenvalue weighted by Gasteiger charge is 2.47. The van der Waals surface area contributed by atoms with Crippen LogP contribution in [0.4, 0.5) is 37.7 Å². The lowest BCUT2D eigenvalue weighted by Gasteiger charge is -2.35. The number of halogens is 7. The van der Waals surface area contributed by atoms with Crippen molar-refractivity contribution >= 4 is 44.4 Å². The summed E-state index contributed by atoms with van der Waals surface area (Å²) >= 11 is 6.14. The molecule has 1 fully saturated rings. The van der Waals surface area contributed by atoms with Gasteiger partial charge in [0.15, 0.2) is 0 Å². The number of nitrogens with one attached hydrogen (secondary N) is 1. The SMILES string of the molecule is NC(=CC(=Nc1ccccc1Cl)c1ccc(C(=O)N(c2cccc(S(=O)(=O)C(F)(F)F)c2)C2CCNCC2)cc1)C(F)(F)F. The second-order valence-electron chi connectivity index (χ2n) is 9.73. The van der Waals surface area contributed by atoms with E-state index >= 15 is 0 Å². The monoisotopic (exact) mass is 658 g/mol. The number of anilines is 1. The first kappa shape index (κ1) is 33.0. The molecule has 1 aliphatic rings. The second kappa shape index (κ2) is 13.0. The van der Waals surface area contributed by atoms with E-state index in [1.54, 1.807) is 12.1 Å². The average Bonchev–Trinajstić information content (AvgIpc) is 2.97. The highest BCUT2D eigenvalue weighted by molar-refractivity contribution is 7.92. The summed E-state index contributed by atoms with van der Waals surface area (Å²) < 4.78 is 104. The molecule has 0 aromatic heterocycles. The van der Waals surface area contributed by atoms with Crippen molar-refractivity contribution in [1.82, 2.24) is 5.32 Å². The molecule has 0 unspecified atom stereocenters. The number of allylic oxidation sites excluding steroid dienone is 2. The van der Waals surface area contributed by atoms with Gasteiger partial charge in [-0.05, 0) is 74.5 Å². The van der Waals surface area contributed by atoms with Crippen molar-refractivity contribution in [2.45, 2.75) is 35.5 Å². The number of alkyl halides is 6. The molecule has 234 valence electrons. The lowest BCUT2D eigenvalue weighted by molar-refractivity contribution is -0.0925. The minimum Gasteiger partial charge on any atom is -0.395 e. The van der Waals surface area contributed by atoms with Crippen molar-refractivity contribution in [3.8, 4) is 0 Å². The van der Waals surface area contributed by atoms with Crippen LogP contribution in [0.2, 0.25) is 5.02 Å². The fraction of sp³-hybridized carbons (Fsp3) is 0.241. The lowest BCUT2D eigenvalue weighted by atomic mass is 10.0. The maximum atomic E-state index is 13.8. The maximum Gasteiger partial charge on any atom is 0.501 e. The molecule has 0 radical (unpaired) electrons. The van der Waals surface area contributed by atoms with Crippen LogP contribution in [0.5, 0.6) is 0 Å². The quantitative estimate of drug-likeness (QED) is 0.221. The molecule has 0 atom stereocenters. The van der Waals surface area contributed by atoms with Crippen molar-refractivity contribution in [3.05, 3.63) is 101 Å². The molecule has 0 bridgehead atoms. The molecule has 0 spiro atoms. The lowest BCUT2D eigenvalue weighted by Crippen LogP contribution is -2.46. The molecule has 3 aromatic carbocycles. The zero-order valence-electron chi connectivity index (χ0n) is 22.7. The minimum absolute atomic E-state index is 0.0428. The van der Waals surface area contributed by atoms with E-state index in [-0.39, 0.29) is 33.2 Å². The van der Waals surface area contributed by atoms with E-state index in [1.165, 1.54) is 47.4 Å². The van der Waals surface area contributed by atoms with Gasteiger partial charge in [0.05, 0.1) is 21.3 Å². The Balaban J connectivity index is 1.76. The van der Waals surface area contributed by atoms with Crippen molar-refractivity contribution < 1.29 is 39.6 Å². The van der Waals surface area contributed by atoms with Gasteiger partial charge < -0.3 is 16.0 Å². The molecule has 1 aliphatic heterocycles. The highest BCUT2D eigenvalue weighted by atomic mass is 35.5. The number of para-hydroxylation sites is 1. The van der Waals surface area contributed by atoms with Gasteiger partial charge in [-0.3, -0.25) is 4.79 Å². The minimum atomic E-state index is -5.69. The van der Waals surface area contributed by atoms with E-state index in [0.717, 1.165) is 18.2 Å². The molecule has 4 rings (SSSR count). The van der Waals surface area contributed by atoms with Crippen molar-refractivity contribution in [1.29, 1.82) is 0 Å². The molecule has 3 aromatic rings. The number of aliphatic imine (C=N–C) groups is 1. The summed E-state index contributed by atoms with van der Waals surface area (Å²) in [5, 5.41) is 3.29. The molecular formula is C29H25ClF6N4O3S. The van der Waals surface area contributed by atoms with Crippen LogP contribution in [-0.4, -0.2) is 50.9 Å². The van der Waals surface area contributed by atoms with Gasteiger partial charge in [0.1, 0.15) is 5.70 Å². The topological polar surface area (TPSA) is 105 Å². The second-order valence-corrected chi connectivity index (χ2v) is 12.1. The van der Waals surface area contributed by atoms with Crippen molar-refractivity contribution in [2.75, 3.05) is 18.0 Å². The maximum absolute atomic E-state index is 13.8. The Morgan fingerprint density at radius 1 is 0.932 bits per heavy atom. The molecule has 0 saturated carbocycles. The van der Waals surface area contributed by atoms with Gasteiger partial charge in [-0.1, -0.05) is 41.9 Å². The van der Waals surface area contributed by atoms with Crippen LogP contribution < -0.4 is 16.0 Å². The predicted molar refractivity (Wildman–Crippen MR) is 155 cm³/mol. The Morgan fingerprint density at radius 2 is 1.55 bits per heavy atom. The summed E-state index contributed by atoms with van der Waals surface area (Å²) in [5.74, 6) is -0.653. The molecule has 44 heavy (non-hydrogen) atoms. The average molecular weight is 659 g/mol. The molecular weight excluding hydrogens is 634 g/mol. The fourth-order valence-electron chi connectivity index (χ4n) is 4.50. The van der Waals surface area contributed by atoms with Gasteiger partial charge in [0, 0.05) is 22.9 Å². The number of benzene rings is 3. The number of carbonyl (C=O) groups is 1. The van der Waals surface area contributed by atoms with Gasteiger partial charge in [-0.25, -0.2) is 13.4 Å². The van der Waals surface area contributed by atoms with Gasteiger partial charge in [0.2, 0.25) is 0 Å². The molecule has 1 heterocycles. The number of nitrogens with two attached hydrogens (primary N) is 1. The summed E-state index contributed by atoms with van der Waals surface area (Å²) in [6.07, 6.45) is -3.36. The summed E-state index contributed by atoms with van der Waals surface area (Å²) in [7, 11) is -5.69. The third kappa shape index (κ3) is 7.42. The van der Waals surface area contributed by atoms with Gasteiger partial charge in [-0.2, -0.15) is 26.3 Å². The number of hydrogen-bond donors (Lipinski definition) is 2. The summed E-state index contributed by atoms with van der Waals surface area (Å²) in [4.78, 5) is 18.3. The number of sulfone groups is 1. The van der Waals surface area contributed by atoms with Crippen molar-refractivity contribution in [3.63, 3.8) is 0 Å². The summed E-state index contributed by atoms with van der Waals surface area (Å²) in [5.41, 5.74) is -1.60. The summed E-state index contributed by atoms with van der Waals surface area (Å²) in [6.45, 7) is 1.01. The molecule has 0 aliphatic carbocycles. The van der Waals surface area contributed by atoms with E-state index in [4.69, 9.17) is 17.3 Å². The van der Waals surface area contributed by atoms with E-state index in [0.29, 0.717) is 32.0 Å². The van der Waals surface area contributed by atoms with Crippen LogP contribution >= 0.6 is 11.6 Å². The van der Waals surface area contributed by atoms with E-state index in [2.05, 4.69) is 10.3 Å². The van der Waals surface area contributed by atoms with Crippen molar-refractivity contribution in [2.24, 2.45) is 10.7 Å². The van der Waals surface area contributed by atoms with Crippen LogP contribution in [0.1, 0.15) is 28.8 Å². The first-order valence-corrected chi connectivity index (χ1v) is 14.9. The van der Waals surface area contributed by atoms with Crippen LogP contribution in [0.3, 0.4) is 0 Å². The third-order valence-corrected chi connectivity index (χ3v) is 8.55. The largest absolute Gasteiger partial charge is 0.501 e. The molecule has 3 N–H and O–H groups in total. The Kier molecular flexibility index (Phi) is 9.76. The summed E-state index contributed by atoms with van der Waals surface area (Å²) in [6, 6.07) is 15.1. The van der Waals surface area contributed by atoms with Crippen LogP contribution in [0, 0.1) is 0 Å². The predicted octanol–water partition coefficient (Wildman–Crippen LogP) is 6.56. The highest BCUT2D eigenvalue weighted by Crippen LogP contribution is 2.34. The number of piperidine rings is 1. The van der Waals surface area contributed by atoms with E-state index < -0.39 is 44.1 Å². The Hall–Kier alpha value is -3.88. The molecule has 1 amide bonds. The number of hydrogen-bond acceptors (Lipinski definition) is 6. The number of nitrogens with zero attached hydrogens (tertiary/aromatic N) is 2. The Morgan fingerprint density at radius 3 is 2.14 bits per heavy atom. The molecule has 1 saturated heterocycles. The standard InChI is InChI=1S/C29H25ClF6N4O3S/c30-23-6-1-2-7-24(23)39-25(17-26(37)28(31,32)33)18-8-10-19(11-9-18)27(41)40(20-12-14-38-15-13-20)21-4-3-5-22(16-21)44(42,43)29(34,35)36/h1-11,16-17,20,38H,12-15,37H2. The first-order chi connectivity index (χ1) is 20.6. The van der Waals surface area contributed by atoms with Gasteiger partial charge in [0.25, 0.3) is 15.7 Å². The molecule has 15 heteroatoms. The number of amides is 1. The smallest absolute Gasteiger partial charge is 0.395 e. The Labute approximate surface area is 253 Å². The normalized spacial score (nSPS) is 15.7. The van der Waals surface area contributed by atoms with E-state index in [9.17, 15) is 39.6 Å². The van der Waals surface area contributed by atoms with E-state index in [1.807, 2.05) is 0 Å². The van der Waals surface area contributed by atoms with Crippen LogP contribution in [0.15, 0.2) is 94.5 Å². The Bertz CT molecular complexity index is 1680. The first-order valence-electron chi connectivity index (χ1n) is 13.0. The zero-order chi connectivity index (χ0) is 32.3. The third-order valence-electron chi connectivity index (χ3n) is 6.74. The molecule has 7 nitrogen and oxygen atoms in total.